The van der Waals surface area contributed by atoms with Crippen LogP contribution < -0.4 is 0 Å². The van der Waals surface area contributed by atoms with E-state index in [4.69, 9.17) is 4.74 Å². The van der Waals surface area contributed by atoms with E-state index in [1.807, 2.05) is 0 Å². The molecule has 2 aliphatic rings. The molecule has 0 saturated carbocycles. The number of hydrogen-bond donors (Lipinski definition) is 2. The second-order valence-corrected chi connectivity index (χ2v) is 5.85. The van der Waals surface area contributed by atoms with E-state index in [0.29, 0.717) is 41.7 Å². The number of rotatable bonds is 0. The summed E-state index contributed by atoms with van der Waals surface area (Å²) in [6.07, 6.45) is 1.57. The summed E-state index contributed by atoms with van der Waals surface area (Å²) in [5.41, 5.74) is 1.86. The van der Waals surface area contributed by atoms with Gasteiger partial charge in [0, 0.05) is 29.5 Å². The summed E-state index contributed by atoms with van der Waals surface area (Å²) in [6, 6.07) is 9.56. The van der Waals surface area contributed by atoms with Crippen LogP contribution >= 0.6 is 0 Å². The minimum atomic E-state index is -0.442. The second kappa shape index (κ2) is 5.23. The van der Waals surface area contributed by atoms with Crippen LogP contribution in [0.3, 0.4) is 0 Å². The molecular weight excluding hydrogens is 308 g/mol. The Bertz CT molecular complexity index is 866. The standard InChI is InChI=1S/C19H14O5/c20-12-6-1-4-10-16(14-8-3-9-15(22)24-14)11-5-2-7-13(21)18(11)19(23)17(10)12/h1-2,4-7,20-21H,3,8-9H2. The lowest BCUT2D eigenvalue weighted by molar-refractivity contribution is -0.141. The summed E-state index contributed by atoms with van der Waals surface area (Å²) < 4.78 is 5.42. The zero-order valence-electron chi connectivity index (χ0n) is 12.7. The molecule has 1 heterocycles. The van der Waals surface area contributed by atoms with Gasteiger partial charge >= 0.3 is 5.97 Å². The molecule has 24 heavy (non-hydrogen) atoms. The van der Waals surface area contributed by atoms with Crippen LogP contribution in [0.15, 0.2) is 42.2 Å². The van der Waals surface area contributed by atoms with Crippen LogP contribution in [0, 0.1) is 0 Å². The minimum Gasteiger partial charge on any atom is -0.507 e. The summed E-state index contributed by atoms with van der Waals surface area (Å²) in [5.74, 6) is -0.609. The number of hydrogen-bond acceptors (Lipinski definition) is 5. The fourth-order valence-corrected chi connectivity index (χ4v) is 3.35. The molecule has 2 N–H and O–H groups in total. The molecule has 0 unspecified atom stereocenters. The molecule has 1 aliphatic carbocycles. The van der Waals surface area contributed by atoms with Crippen molar-refractivity contribution in [1.29, 1.82) is 0 Å². The summed E-state index contributed by atoms with van der Waals surface area (Å²) in [7, 11) is 0. The number of allylic oxidation sites excluding steroid dienone is 1. The van der Waals surface area contributed by atoms with Gasteiger partial charge in [-0.1, -0.05) is 24.3 Å². The van der Waals surface area contributed by atoms with Crippen LogP contribution in [0.5, 0.6) is 11.5 Å². The lowest BCUT2D eigenvalue weighted by atomic mass is 9.79. The summed E-state index contributed by atoms with van der Waals surface area (Å²) in [6.45, 7) is 0. The highest BCUT2D eigenvalue weighted by Crippen LogP contribution is 2.45. The highest BCUT2D eigenvalue weighted by molar-refractivity contribution is 6.21. The van der Waals surface area contributed by atoms with Crippen molar-refractivity contribution in [2.75, 3.05) is 0 Å². The van der Waals surface area contributed by atoms with Crippen LogP contribution in [-0.4, -0.2) is 22.0 Å². The van der Waals surface area contributed by atoms with Crippen LogP contribution in [-0.2, 0) is 9.53 Å². The van der Waals surface area contributed by atoms with Gasteiger partial charge in [0.2, 0.25) is 5.78 Å². The van der Waals surface area contributed by atoms with Gasteiger partial charge < -0.3 is 14.9 Å². The van der Waals surface area contributed by atoms with E-state index < -0.39 is 5.78 Å². The van der Waals surface area contributed by atoms with Crippen molar-refractivity contribution in [3.63, 3.8) is 0 Å². The molecule has 0 radical (unpaired) electrons. The first-order valence-electron chi connectivity index (χ1n) is 7.71. The number of aromatic hydroxyl groups is 2. The van der Waals surface area contributed by atoms with Gasteiger partial charge in [-0.25, -0.2) is 0 Å². The van der Waals surface area contributed by atoms with Crippen LogP contribution in [0.25, 0.3) is 5.57 Å². The Morgan fingerprint density at radius 2 is 1.42 bits per heavy atom. The number of ketones is 1. The van der Waals surface area contributed by atoms with Gasteiger partial charge in [-0.3, -0.25) is 9.59 Å². The first-order chi connectivity index (χ1) is 11.6. The van der Waals surface area contributed by atoms with Gasteiger partial charge in [0.15, 0.2) is 0 Å². The Balaban J connectivity index is 2.09. The minimum absolute atomic E-state index is 0.121. The van der Waals surface area contributed by atoms with Crippen molar-refractivity contribution >= 4 is 17.3 Å². The van der Waals surface area contributed by atoms with Crippen molar-refractivity contribution < 1.29 is 24.5 Å². The predicted molar refractivity (Wildman–Crippen MR) is 85.6 cm³/mol. The zero-order chi connectivity index (χ0) is 16.8. The number of ether oxygens (including phenoxy) is 1. The maximum absolute atomic E-state index is 12.8. The molecule has 0 amide bonds. The Hall–Kier alpha value is -3.08. The molecule has 0 bridgehead atoms. The van der Waals surface area contributed by atoms with Crippen LogP contribution in [0.1, 0.15) is 46.3 Å². The Morgan fingerprint density at radius 1 is 0.833 bits per heavy atom. The van der Waals surface area contributed by atoms with E-state index in [1.54, 1.807) is 24.3 Å². The van der Waals surface area contributed by atoms with Crippen molar-refractivity contribution in [3.05, 3.63) is 64.4 Å². The molecule has 1 fully saturated rings. The number of carbonyl (C=O) groups excluding carboxylic acids is 2. The van der Waals surface area contributed by atoms with Gasteiger partial charge in [-0.2, -0.15) is 0 Å². The second-order valence-electron chi connectivity index (χ2n) is 5.85. The average Bonchev–Trinajstić information content (AvgIpc) is 2.55. The Labute approximate surface area is 137 Å². The lowest BCUT2D eigenvalue weighted by Gasteiger charge is -2.26. The third-order valence-electron chi connectivity index (χ3n) is 4.38. The molecule has 2 aromatic rings. The number of benzene rings is 2. The molecular formula is C19H14O5. The first kappa shape index (κ1) is 14.5. The molecule has 0 aromatic heterocycles. The smallest absolute Gasteiger partial charge is 0.310 e. The van der Waals surface area contributed by atoms with Gasteiger partial charge in [0.25, 0.3) is 0 Å². The van der Waals surface area contributed by atoms with E-state index in [1.165, 1.54) is 12.1 Å². The summed E-state index contributed by atoms with van der Waals surface area (Å²) in [4.78, 5) is 24.5. The number of phenols is 2. The SMILES string of the molecule is O=C1CCCC(=C2c3cccc(O)c3C(=O)c3c(O)cccc32)O1. The Kier molecular flexibility index (Phi) is 3.16. The van der Waals surface area contributed by atoms with Crippen molar-refractivity contribution in [1.82, 2.24) is 0 Å². The summed E-state index contributed by atoms with van der Waals surface area (Å²) >= 11 is 0. The maximum atomic E-state index is 12.8. The highest BCUT2D eigenvalue weighted by Gasteiger charge is 2.34. The van der Waals surface area contributed by atoms with E-state index in [-0.39, 0.29) is 28.6 Å². The molecule has 0 spiro atoms. The monoisotopic (exact) mass is 322 g/mol. The van der Waals surface area contributed by atoms with Crippen LogP contribution in [0.2, 0.25) is 0 Å². The fraction of sp³-hybridized carbons (Fsp3) is 0.158. The molecule has 1 aliphatic heterocycles. The van der Waals surface area contributed by atoms with Gasteiger partial charge in [-0.15, -0.1) is 0 Å². The van der Waals surface area contributed by atoms with E-state index in [2.05, 4.69) is 0 Å². The summed E-state index contributed by atoms with van der Waals surface area (Å²) in [5, 5.41) is 20.4. The molecule has 5 heteroatoms. The largest absolute Gasteiger partial charge is 0.507 e. The third kappa shape index (κ3) is 2.01. The number of fused-ring (bicyclic) bond motifs is 2. The number of carbonyl (C=O) groups is 2. The Morgan fingerprint density at radius 3 is 1.96 bits per heavy atom. The zero-order valence-corrected chi connectivity index (χ0v) is 12.7. The predicted octanol–water partition coefficient (Wildman–Crippen LogP) is 3.13. The average molecular weight is 322 g/mol. The molecule has 1 saturated heterocycles. The fourth-order valence-electron chi connectivity index (χ4n) is 3.35. The highest BCUT2D eigenvalue weighted by atomic mass is 16.5. The molecule has 2 aromatic carbocycles. The van der Waals surface area contributed by atoms with E-state index >= 15 is 0 Å². The van der Waals surface area contributed by atoms with E-state index in [0.717, 1.165) is 0 Å². The topological polar surface area (TPSA) is 83.8 Å². The molecule has 5 nitrogen and oxygen atoms in total. The third-order valence-corrected chi connectivity index (χ3v) is 4.38. The van der Waals surface area contributed by atoms with Crippen molar-refractivity contribution in [2.45, 2.75) is 19.3 Å². The van der Waals surface area contributed by atoms with Crippen molar-refractivity contribution in [2.24, 2.45) is 0 Å². The molecule has 120 valence electrons. The maximum Gasteiger partial charge on any atom is 0.310 e. The van der Waals surface area contributed by atoms with Gasteiger partial charge in [-0.05, 0) is 18.6 Å². The molecule has 4 rings (SSSR count). The number of phenolic OH excluding ortho intramolecular Hbond substituents is 2. The van der Waals surface area contributed by atoms with E-state index in [9.17, 15) is 19.8 Å². The first-order valence-corrected chi connectivity index (χ1v) is 7.71. The quantitative estimate of drug-likeness (QED) is 0.621. The normalized spacial score (nSPS) is 16.5. The van der Waals surface area contributed by atoms with Crippen LogP contribution in [0.4, 0.5) is 0 Å². The van der Waals surface area contributed by atoms with Gasteiger partial charge in [0.05, 0.1) is 11.1 Å². The lowest BCUT2D eigenvalue weighted by Crippen LogP contribution is -2.19. The van der Waals surface area contributed by atoms with Gasteiger partial charge in [0.1, 0.15) is 17.3 Å². The number of cyclic esters (lactones) is 1. The van der Waals surface area contributed by atoms with Crippen molar-refractivity contribution in [3.8, 4) is 11.5 Å². The number of esters is 1. The molecule has 0 atom stereocenters.